The van der Waals surface area contributed by atoms with Crippen LogP contribution in [0, 0.1) is 11.3 Å². The molecule has 1 saturated heterocycles. The van der Waals surface area contributed by atoms with Gasteiger partial charge in [0.05, 0.1) is 11.3 Å². The molecule has 9 heteroatoms. The molecular formula is C23H27BrN4O3S. The van der Waals surface area contributed by atoms with E-state index < -0.39 is 17.7 Å². The average Bonchev–Trinajstić information content (AvgIpc) is 3.38. The normalized spacial score (nSPS) is 16.8. The minimum Gasteiger partial charge on any atom is -0.444 e. The Balaban J connectivity index is 1.65. The van der Waals surface area contributed by atoms with Crippen molar-refractivity contribution in [1.82, 2.24) is 10.6 Å². The van der Waals surface area contributed by atoms with Gasteiger partial charge in [-0.2, -0.15) is 5.26 Å². The molecule has 0 aliphatic carbocycles. The van der Waals surface area contributed by atoms with Crippen molar-refractivity contribution < 1.29 is 14.3 Å². The van der Waals surface area contributed by atoms with Crippen LogP contribution in [0.4, 0.5) is 10.5 Å². The van der Waals surface area contributed by atoms with Gasteiger partial charge in [0, 0.05) is 34.9 Å². The maximum absolute atomic E-state index is 13.1. The Morgan fingerprint density at radius 2 is 2.16 bits per heavy atom. The first-order chi connectivity index (χ1) is 15.1. The zero-order valence-electron chi connectivity index (χ0n) is 18.4. The zero-order chi connectivity index (χ0) is 23.3. The van der Waals surface area contributed by atoms with Crippen LogP contribution in [-0.2, 0) is 16.0 Å². The van der Waals surface area contributed by atoms with E-state index in [1.807, 2.05) is 29.6 Å². The van der Waals surface area contributed by atoms with Crippen LogP contribution < -0.4 is 15.5 Å². The smallest absolute Gasteiger partial charge is 0.408 e. The Labute approximate surface area is 200 Å². The van der Waals surface area contributed by atoms with Gasteiger partial charge >= 0.3 is 6.09 Å². The Morgan fingerprint density at radius 3 is 2.81 bits per heavy atom. The number of carbonyl (C=O) groups is 2. The monoisotopic (exact) mass is 518 g/mol. The first-order valence-electron chi connectivity index (χ1n) is 10.4. The molecule has 2 amide bonds. The lowest BCUT2D eigenvalue weighted by Gasteiger charge is -2.24. The zero-order valence-corrected chi connectivity index (χ0v) is 20.8. The molecule has 2 N–H and O–H groups in total. The Kier molecular flexibility index (Phi) is 7.80. The lowest BCUT2D eigenvalue weighted by Crippen LogP contribution is -2.52. The maximum Gasteiger partial charge on any atom is 0.408 e. The minimum atomic E-state index is -0.736. The summed E-state index contributed by atoms with van der Waals surface area (Å²) in [4.78, 5) is 28.5. The van der Waals surface area contributed by atoms with E-state index in [0.29, 0.717) is 18.5 Å². The lowest BCUT2D eigenvalue weighted by atomic mass is 10.1. The largest absolute Gasteiger partial charge is 0.444 e. The fourth-order valence-electron chi connectivity index (χ4n) is 3.56. The predicted octanol–water partition coefficient (Wildman–Crippen LogP) is 4.21. The van der Waals surface area contributed by atoms with Gasteiger partial charge in [0.15, 0.2) is 0 Å². The van der Waals surface area contributed by atoms with Gasteiger partial charge in [-0.25, -0.2) is 4.79 Å². The summed E-state index contributed by atoms with van der Waals surface area (Å²) in [6.07, 6.45) is 0.533. The minimum absolute atomic E-state index is 0.0797. The van der Waals surface area contributed by atoms with Crippen LogP contribution in [0.1, 0.15) is 37.6 Å². The first kappa shape index (κ1) is 24.1. The molecule has 2 atom stereocenters. The van der Waals surface area contributed by atoms with Gasteiger partial charge in [0.25, 0.3) is 0 Å². The van der Waals surface area contributed by atoms with E-state index in [1.165, 1.54) is 11.3 Å². The van der Waals surface area contributed by atoms with E-state index in [4.69, 9.17) is 4.74 Å². The molecular weight excluding hydrogens is 492 g/mol. The average molecular weight is 519 g/mol. The molecule has 3 rings (SSSR count). The number of halogens is 1. The number of anilines is 1. The van der Waals surface area contributed by atoms with Crippen molar-refractivity contribution in [1.29, 1.82) is 5.26 Å². The number of rotatable bonds is 6. The molecule has 0 bridgehead atoms. The van der Waals surface area contributed by atoms with Gasteiger partial charge < -0.3 is 20.3 Å². The van der Waals surface area contributed by atoms with Crippen molar-refractivity contribution in [3.8, 4) is 6.07 Å². The SMILES string of the molecule is CC(C)(C)OC(=O)N[C@@H](Cc1cccs1)C(=O)N[C@H]1CCN(c2ccc(Br)cc2C#N)C1. The van der Waals surface area contributed by atoms with Crippen molar-refractivity contribution in [2.75, 3.05) is 18.0 Å². The van der Waals surface area contributed by atoms with Gasteiger partial charge in [-0.1, -0.05) is 22.0 Å². The number of nitriles is 1. The predicted molar refractivity (Wildman–Crippen MR) is 129 cm³/mol. The Hall–Kier alpha value is -2.57. The number of thiophene rings is 1. The third-order valence-corrected chi connectivity index (χ3v) is 6.34. The molecule has 0 spiro atoms. The number of nitrogens with zero attached hydrogens (tertiary/aromatic N) is 2. The second kappa shape index (κ2) is 10.4. The quantitative estimate of drug-likeness (QED) is 0.597. The van der Waals surface area contributed by atoms with Crippen LogP contribution in [0.5, 0.6) is 0 Å². The van der Waals surface area contributed by atoms with Crippen molar-refractivity contribution in [3.05, 3.63) is 50.6 Å². The van der Waals surface area contributed by atoms with Crippen LogP contribution >= 0.6 is 27.3 Å². The first-order valence-corrected chi connectivity index (χ1v) is 12.1. The molecule has 2 heterocycles. The van der Waals surface area contributed by atoms with Gasteiger partial charge in [-0.05, 0) is 56.8 Å². The Morgan fingerprint density at radius 1 is 1.38 bits per heavy atom. The molecule has 2 aromatic rings. The second-order valence-electron chi connectivity index (χ2n) is 8.70. The third-order valence-electron chi connectivity index (χ3n) is 4.95. The fraction of sp³-hybridized carbons (Fsp3) is 0.435. The highest BCUT2D eigenvalue weighted by Gasteiger charge is 2.30. The molecule has 170 valence electrons. The highest BCUT2D eigenvalue weighted by Crippen LogP contribution is 2.27. The summed E-state index contributed by atoms with van der Waals surface area (Å²) in [5.41, 5.74) is 0.798. The summed E-state index contributed by atoms with van der Waals surface area (Å²) in [5, 5.41) is 17.2. The highest BCUT2D eigenvalue weighted by atomic mass is 79.9. The number of nitrogens with one attached hydrogen (secondary N) is 2. The van der Waals surface area contributed by atoms with E-state index in [9.17, 15) is 14.9 Å². The molecule has 1 aromatic heterocycles. The summed E-state index contributed by atoms with van der Waals surface area (Å²) >= 11 is 4.94. The van der Waals surface area contributed by atoms with Gasteiger partial charge in [-0.3, -0.25) is 4.79 Å². The van der Waals surface area contributed by atoms with Crippen molar-refractivity contribution in [2.24, 2.45) is 0 Å². The van der Waals surface area contributed by atoms with Crippen molar-refractivity contribution in [3.63, 3.8) is 0 Å². The molecule has 1 fully saturated rings. The second-order valence-corrected chi connectivity index (χ2v) is 10.6. The number of ether oxygens (including phenoxy) is 1. The molecule has 7 nitrogen and oxygen atoms in total. The van der Waals surface area contributed by atoms with Crippen LogP contribution in [-0.4, -0.2) is 42.8 Å². The van der Waals surface area contributed by atoms with Crippen molar-refractivity contribution in [2.45, 2.75) is 51.3 Å². The van der Waals surface area contributed by atoms with Gasteiger partial charge in [-0.15, -0.1) is 11.3 Å². The van der Waals surface area contributed by atoms with Gasteiger partial charge in [0.2, 0.25) is 5.91 Å². The van der Waals surface area contributed by atoms with E-state index in [-0.39, 0.29) is 11.9 Å². The number of hydrogen-bond acceptors (Lipinski definition) is 6. The molecule has 1 aliphatic rings. The summed E-state index contributed by atoms with van der Waals surface area (Å²) in [6.45, 7) is 6.68. The van der Waals surface area contributed by atoms with E-state index in [2.05, 4.69) is 37.5 Å². The van der Waals surface area contributed by atoms with Crippen LogP contribution in [0.15, 0.2) is 40.2 Å². The Bertz CT molecular complexity index is 998. The lowest BCUT2D eigenvalue weighted by molar-refractivity contribution is -0.123. The molecule has 1 aromatic carbocycles. The number of benzene rings is 1. The highest BCUT2D eigenvalue weighted by molar-refractivity contribution is 9.10. The number of alkyl carbamates (subject to hydrolysis) is 1. The molecule has 0 saturated carbocycles. The standard InChI is InChI=1S/C23H27BrN4O3S/c1-23(2,3)31-22(30)27-19(12-18-5-4-10-32-18)21(29)26-17-8-9-28(14-17)20-7-6-16(24)11-15(20)13-25/h4-7,10-11,17,19H,8-9,12,14H2,1-3H3,(H,26,29)(H,27,30)/t17-,19-/m0/s1. The molecule has 32 heavy (non-hydrogen) atoms. The maximum atomic E-state index is 13.1. The number of hydrogen-bond donors (Lipinski definition) is 2. The van der Waals surface area contributed by atoms with Crippen LogP contribution in [0.3, 0.4) is 0 Å². The molecule has 0 radical (unpaired) electrons. The van der Waals surface area contributed by atoms with Gasteiger partial charge in [0.1, 0.15) is 17.7 Å². The molecule has 1 aliphatic heterocycles. The number of carbonyl (C=O) groups excluding carboxylic acids is 2. The topological polar surface area (TPSA) is 94.5 Å². The van der Waals surface area contributed by atoms with Crippen LogP contribution in [0.25, 0.3) is 0 Å². The summed E-state index contributed by atoms with van der Waals surface area (Å²) in [5.74, 6) is -0.243. The fourth-order valence-corrected chi connectivity index (χ4v) is 4.67. The van der Waals surface area contributed by atoms with Crippen molar-refractivity contribution >= 4 is 45.0 Å². The summed E-state index contributed by atoms with van der Waals surface area (Å²) in [7, 11) is 0. The van der Waals surface area contributed by atoms with E-state index in [0.717, 1.165) is 28.0 Å². The van der Waals surface area contributed by atoms with E-state index >= 15 is 0 Å². The summed E-state index contributed by atoms with van der Waals surface area (Å²) in [6, 6.07) is 10.9. The molecule has 0 unspecified atom stereocenters. The van der Waals surface area contributed by atoms with Crippen LogP contribution in [0.2, 0.25) is 0 Å². The summed E-state index contributed by atoms with van der Waals surface area (Å²) < 4.78 is 6.20. The third kappa shape index (κ3) is 6.71. The number of amides is 2. The van der Waals surface area contributed by atoms with E-state index in [1.54, 1.807) is 26.8 Å².